The zero-order valence-electron chi connectivity index (χ0n) is 14.9. The molecule has 2 saturated heterocycles. The molecular weight excluding hydrogens is 374 g/mol. The third-order valence-corrected chi connectivity index (χ3v) is 5.86. The first-order valence-electron chi connectivity index (χ1n) is 9.49. The Labute approximate surface area is 163 Å². The quantitative estimate of drug-likeness (QED) is 0.794. The van der Waals surface area contributed by atoms with Gasteiger partial charge in [0.2, 0.25) is 0 Å². The minimum atomic E-state index is -0.623. The maximum atomic E-state index is 14.3. The lowest BCUT2D eigenvalue weighted by Gasteiger charge is -2.29. The Morgan fingerprint density at radius 3 is 2.37 bits per heavy atom. The molecule has 4 nitrogen and oxygen atoms in total. The number of hydrogen-bond acceptors (Lipinski definition) is 4. The largest absolute Gasteiger partial charge is 0.373 e. The molecule has 3 fully saturated rings. The number of benzene rings is 1. The summed E-state index contributed by atoms with van der Waals surface area (Å²) in [7, 11) is 0. The van der Waals surface area contributed by atoms with Gasteiger partial charge in [0, 0.05) is 23.6 Å². The second-order valence-corrected chi connectivity index (χ2v) is 7.79. The van der Waals surface area contributed by atoms with E-state index in [0.717, 1.165) is 31.4 Å². The van der Waals surface area contributed by atoms with Crippen molar-refractivity contribution in [3.05, 3.63) is 41.2 Å². The first-order chi connectivity index (χ1) is 12.7. The molecule has 0 spiro atoms. The summed E-state index contributed by atoms with van der Waals surface area (Å²) in [6.07, 6.45) is 6.62. The highest BCUT2D eigenvalue weighted by molar-refractivity contribution is 5.85. The molecule has 1 N–H and O–H groups in total. The van der Waals surface area contributed by atoms with Crippen LogP contribution in [0.3, 0.4) is 0 Å². The monoisotopic (exact) mass is 396 g/mol. The predicted molar refractivity (Wildman–Crippen MR) is 98.8 cm³/mol. The van der Waals surface area contributed by atoms with E-state index in [4.69, 9.17) is 9.26 Å². The maximum Gasteiger partial charge on any atom is 0.145 e. The molecule has 2 aromatic rings. The van der Waals surface area contributed by atoms with E-state index >= 15 is 0 Å². The van der Waals surface area contributed by atoms with Gasteiger partial charge >= 0.3 is 0 Å². The molecule has 1 aliphatic carbocycles. The van der Waals surface area contributed by atoms with E-state index in [0.29, 0.717) is 30.2 Å². The van der Waals surface area contributed by atoms with E-state index < -0.39 is 11.6 Å². The van der Waals surface area contributed by atoms with E-state index in [1.165, 1.54) is 31.0 Å². The first-order valence-corrected chi connectivity index (χ1v) is 9.49. The number of hydrogen-bond donors (Lipinski definition) is 1. The Morgan fingerprint density at radius 2 is 1.74 bits per heavy atom. The number of fused-ring (bicyclic) bond motifs is 2. The molecule has 2 aliphatic heterocycles. The van der Waals surface area contributed by atoms with Crippen LogP contribution in [0.25, 0.3) is 11.3 Å². The average Bonchev–Trinajstić information content (AvgIpc) is 3.30. The Kier molecular flexibility index (Phi) is 5.23. The molecule has 1 saturated carbocycles. The minimum Gasteiger partial charge on any atom is -0.373 e. The zero-order valence-corrected chi connectivity index (χ0v) is 15.7. The van der Waals surface area contributed by atoms with Crippen LogP contribution >= 0.6 is 12.4 Å². The van der Waals surface area contributed by atoms with Gasteiger partial charge in [-0.2, -0.15) is 0 Å². The fourth-order valence-corrected chi connectivity index (χ4v) is 4.39. The second-order valence-electron chi connectivity index (χ2n) is 7.79. The van der Waals surface area contributed by atoms with Crippen molar-refractivity contribution in [3.8, 4) is 11.3 Å². The van der Waals surface area contributed by atoms with E-state index in [2.05, 4.69) is 10.5 Å². The minimum absolute atomic E-state index is 0. The van der Waals surface area contributed by atoms with Crippen LogP contribution in [0, 0.1) is 11.6 Å². The molecule has 2 bridgehead atoms. The molecule has 7 heteroatoms. The van der Waals surface area contributed by atoms with E-state index in [-0.39, 0.29) is 29.8 Å². The molecule has 1 aromatic carbocycles. The number of rotatable bonds is 5. The highest BCUT2D eigenvalue weighted by Gasteiger charge is 2.36. The van der Waals surface area contributed by atoms with Crippen molar-refractivity contribution in [2.24, 2.45) is 0 Å². The van der Waals surface area contributed by atoms with Crippen LogP contribution in [0.5, 0.6) is 0 Å². The van der Waals surface area contributed by atoms with Crippen molar-refractivity contribution in [3.63, 3.8) is 0 Å². The van der Waals surface area contributed by atoms with Crippen LogP contribution in [0.15, 0.2) is 22.7 Å². The van der Waals surface area contributed by atoms with E-state index in [1.54, 1.807) is 0 Å². The van der Waals surface area contributed by atoms with Gasteiger partial charge in [0.15, 0.2) is 0 Å². The molecule has 0 amide bonds. The maximum absolute atomic E-state index is 14.3. The average molecular weight is 397 g/mol. The molecule has 5 rings (SSSR count). The first kappa shape index (κ1) is 18.8. The summed E-state index contributed by atoms with van der Waals surface area (Å²) in [6, 6.07) is 4.93. The summed E-state index contributed by atoms with van der Waals surface area (Å²) in [6.45, 7) is 0.294. The molecular formula is C20H23ClF2N2O2. The number of nitrogens with one attached hydrogen (secondary N) is 1. The lowest BCUT2D eigenvalue weighted by Crippen LogP contribution is -2.41. The Morgan fingerprint density at radius 1 is 1.07 bits per heavy atom. The summed E-state index contributed by atoms with van der Waals surface area (Å²) in [4.78, 5) is 0. The second kappa shape index (κ2) is 7.49. The standard InChI is InChI=1S/C20H22F2N2O2.ClH/c21-16-2-1-3-17(22)18(16)19-15(20(26-24-19)11-4-5-11)10-25-14-8-12-6-7-13(9-14)23-12;/h1-3,11-14,23H,4-10H2;1H/t12-,13+,14+;. The number of halogens is 3. The molecule has 0 radical (unpaired) electrons. The summed E-state index contributed by atoms with van der Waals surface area (Å²) >= 11 is 0. The predicted octanol–water partition coefficient (Wildman–Crippen LogP) is 4.72. The Hall–Kier alpha value is -1.50. The normalized spacial score (nSPS) is 26.8. The molecule has 3 aliphatic rings. The highest BCUT2D eigenvalue weighted by atomic mass is 35.5. The van der Waals surface area contributed by atoms with Crippen LogP contribution in [0.1, 0.15) is 55.8 Å². The smallest absolute Gasteiger partial charge is 0.145 e. The summed E-state index contributed by atoms with van der Waals surface area (Å²) < 4.78 is 40.2. The number of ether oxygens (including phenoxy) is 1. The van der Waals surface area contributed by atoms with E-state index in [1.807, 2.05) is 0 Å². The van der Waals surface area contributed by atoms with Crippen LogP contribution in [0.4, 0.5) is 8.78 Å². The summed E-state index contributed by atoms with van der Waals surface area (Å²) in [5.74, 6) is -0.211. The number of aromatic nitrogens is 1. The van der Waals surface area contributed by atoms with Crippen LogP contribution in [-0.4, -0.2) is 23.3 Å². The summed E-state index contributed by atoms with van der Waals surface area (Å²) in [5, 5.41) is 7.62. The Balaban J connectivity index is 0.00000180. The highest BCUT2D eigenvalue weighted by Crippen LogP contribution is 2.45. The number of nitrogens with zero attached hydrogens (tertiary/aromatic N) is 1. The van der Waals surface area contributed by atoms with Gasteiger partial charge in [-0.25, -0.2) is 8.78 Å². The van der Waals surface area contributed by atoms with Gasteiger partial charge in [-0.1, -0.05) is 11.2 Å². The van der Waals surface area contributed by atoms with Gasteiger partial charge in [-0.15, -0.1) is 12.4 Å². The van der Waals surface area contributed by atoms with Gasteiger partial charge in [0.1, 0.15) is 23.1 Å². The molecule has 3 heterocycles. The van der Waals surface area contributed by atoms with Crippen molar-refractivity contribution >= 4 is 12.4 Å². The topological polar surface area (TPSA) is 47.3 Å². The SMILES string of the molecule is Cl.Fc1cccc(F)c1-c1noc(C2CC2)c1CO[C@H]1C[C@H]2CC[C@@H](C1)N2. The van der Waals surface area contributed by atoms with Gasteiger partial charge in [0.25, 0.3) is 0 Å². The van der Waals surface area contributed by atoms with Crippen molar-refractivity contribution < 1.29 is 18.0 Å². The zero-order chi connectivity index (χ0) is 17.7. The lowest BCUT2D eigenvalue weighted by molar-refractivity contribution is 0.00875. The van der Waals surface area contributed by atoms with Crippen molar-refractivity contribution in [2.45, 2.75) is 69.2 Å². The molecule has 0 unspecified atom stereocenters. The van der Waals surface area contributed by atoms with Gasteiger partial charge in [-0.3, -0.25) is 0 Å². The molecule has 3 atom stereocenters. The molecule has 146 valence electrons. The lowest BCUT2D eigenvalue weighted by atomic mass is 10.0. The summed E-state index contributed by atoms with van der Waals surface area (Å²) in [5.41, 5.74) is 0.842. The van der Waals surface area contributed by atoms with E-state index in [9.17, 15) is 8.78 Å². The van der Waals surface area contributed by atoms with Gasteiger partial charge < -0.3 is 14.6 Å². The fourth-order valence-electron chi connectivity index (χ4n) is 4.39. The molecule has 27 heavy (non-hydrogen) atoms. The number of piperidine rings is 1. The van der Waals surface area contributed by atoms with Crippen molar-refractivity contribution in [1.29, 1.82) is 0 Å². The van der Waals surface area contributed by atoms with Gasteiger partial charge in [0.05, 0.1) is 18.3 Å². The van der Waals surface area contributed by atoms with Crippen LogP contribution in [0.2, 0.25) is 0 Å². The van der Waals surface area contributed by atoms with Crippen molar-refractivity contribution in [2.75, 3.05) is 0 Å². The fraction of sp³-hybridized carbons (Fsp3) is 0.550. The molecule has 1 aromatic heterocycles. The van der Waals surface area contributed by atoms with Crippen molar-refractivity contribution in [1.82, 2.24) is 10.5 Å². The van der Waals surface area contributed by atoms with Crippen LogP contribution < -0.4 is 5.32 Å². The Bertz CT molecular complexity index is 792. The third kappa shape index (κ3) is 3.62. The van der Waals surface area contributed by atoms with Gasteiger partial charge in [-0.05, 0) is 50.7 Å². The third-order valence-electron chi connectivity index (χ3n) is 5.86. The van der Waals surface area contributed by atoms with Crippen LogP contribution in [-0.2, 0) is 11.3 Å².